The van der Waals surface area contributed by atoms with E-state index >= 15 is 0 Å². The minimum Gasteiger partial charge on any atom is -0.285 e. The van der Waals surface area contributed by atoms with E-state index in [0.717, 1.165) is 11.0 Å². The molecule has 1 aromatic carbocycles. The summed E-state index contributed by atoms with van der Waals surface area (Å²) in [7, 11) is 0. The normalized spacial score (nSPS) is 13.3. The van der Waals surface area contributed by atoms with Crippen molar-refractivity contribution in [1.82, 2.24) is 14.8 Å². The second-order valence-corrected chi connectivity index (χ2v) is 5.68. The summed E-state index contributed by atoms with van der Waals surface area (Å²) in [5.41, 5.74) is -3.15. The highest BCUT2D eigenvalue weighted by Gasteiger charge is 2.37. The van der Waals surface area contributed by atoms with E-state index in [1.165, 1.54) is 6.20 Å². The van der Waals surface area contributed by atoms with Crippen molar-refractivity contribution in [3.05, 3.63) is 41.2 Å². The second kappa shape index (κ2) is 6.93. The third-order valence-electron chi connectivity index (χ3n) is 3.37. The molecular weight excluding hydrogens is 364 g/mol. The number of carbonyl (C=O) groups excluding carboxylic acids is 1. The molecule has 0 N–H and O–H groups in total. The number of alkyl halides is 6. The Morgan fingerprint density at radius 3 is 2.04 bits per heavy atom. The molecule has 2 aromatic rings. The molecule has 26 heavy (non-hydrogen) atoms. The van der Waals surface area contributed by atoms with E-state index in [2.05, 4.69) is 10.1 Å². The molecule has 0 aliphatic carbocycles. The molecule has 0 fully saturated rings. The second-order valence-electron chi connectivity index (χ2n) is 5.68. The molecule has 10 heteroatoms. The van der Waals surface area contributed by atoms with Gasteiger partial charge in [-0.1, -0.05) is 13.8 Å². The van der Waals surface area contributed by atoms with Gasteiger partial charge in [0, 0.05) is 17.3 Å². The highest BCUT2D eigenvalue weighted by atomic mass is 19.4. The van der Waals surface area contributed by atoms with Crippen LogP contribution in [0.3, 0.4) is 0 Å². The van der Waals surface area contributed by atoms with Crippen molar-refractivity contribution in [1.29, 1.82) is 0 Å². The number of hydrogen-bond donors (Lipinski definition) is 0. The smallest absolute Gasteiger partial charge is 0.285 e. The lowest BCUT2D eigenvalue weighted by Gasteiger charge is -2.13. The summed E-state index contributed by atoms with van der Waals surface area (Å²) in [6.45, 7) is 3.41. The van der Waals surface area contributed by atoms with Gasteiger partial charge < -0.3 is 0 Å². The summed E-state index contributed by atoms with van der Waals surface area (Å²) >= 11 is 0. The third kappa shape index (κ3) is 4.50. The van der Waals surface area contributed by atoms with Crippen LogP contribution in [-0.2, 0) is 17.1 Å². The van der Waals surface area contributed by atoms with Crippen LogP contribution in [0, 0.1) is 5.92 Å². The fourth-order valence-corrected chi connectivity index (χ4v) is 1.99. The summed E-state index contributed by atoms with van der Waals surface area (Å²) < 4.78 is 78.4. The lowest BCUT2D eigenvalue weighted by atomic mass is 10.0. The van der Waals surface area contributed by atoms with E-state index in [0.29, 0.717) is 12.1 Å². The van der Waals surface area contributed by atoms with Crippen molar-refractivity contribution >= 4 is 12.5 Å². The first kappa shape index (κ1) is 19.7. The molecule has 1 radical (unpaired) electrons. The molecule has 1 aromatic heterocycles. The van der Waals surface area contributed by atoms with E-state index in [1.807, 2.05) is 0 Å². The van der Waals surface area contributed by atoms with E-state index in [9.17, 15) is 31.1 Å². The molecule has 0 spiro atoms. The van der Waals surface area contributed by atoms with Crippen LogP contribution in [0.2, 0.25) is 0 Å². The van der Waals surface area contributed by atoms with Crippen molar-refractivity contribution in [3.8, 4) is 11.4 Å². The van der Waals surface area contributed by atoms with Crippen molar-refractivity contribution in [3.63, 3.8) is 0 Å². The van der Waals surface area contributed by atoms with Crippen LogP contribution in [0.1, 0.15) is 25.0 Å². The number of halogens is 6. The lowest BCUT2D eigenvalue weighted by molar-refractivity contribution is -0.143. The van der Waals surface area contributed by atoms with E-state index < -0.39 is 29.0 Å². The van der Waals surface area contributed by atoms with Crippen LogP contribution < -0.4 is 0 Å². The highest BCUT2D eigenvalue weighted by Crippen LogP contribution is 2.38. The number of allylic oxidation sites excluding steroid dienone is 1. The quantitative estimate of drug-likeness (QED) is 0.579. The van der Waals surface area contributed by atoms with Crippen LogP contribution in [0.15, 0.2) is 30.1 Å². The Morgan fingerprint density at radius 2 is 1.62 bits per heavy atom. The average Bonchev–Trinajstić information content (AvgIpc) is 2.98. The van der Waals surface area contributed by atoms with Crippen molar-refractivity contribution in [2.24, 2.45) is 5.92 Å². The zero-order valence-corrected chi connectivity index (χ0v) is 13.5. The van der Waals surface area contributed by atoms with Crippen LogP contribution in [0.4, 0.5) is 26.3 Å². The summed E-state index contributed by atoms with van der Waals surface area (Å²) in [6, 6.07) is 1.10. The molecule has 2 rings (SSSR count). The zero-order chi connectivity index (χ0) is 19.7. The van der Waals surface area contributed by atoms with Crippen LogP contribution in [-0.4, -0.2) is 21.1 Å². The number of hydrogen-bond acceptors (Lipinski definition) is 3. The minimum absolute atomic E-state index is 0.0264. The molecular formula is C16H12F6N3O. The maximum absolute atomic E-state index is 12.9. The van der Waals surface area contributed by atoms with E-state index in [4.69, 9.17) is 0 Å². The Balaban J connectivity index is 2.54. The van der Waals surface area contributed by atoms with Gasteiger partial charge in [0.25, 0.3) is 0 Å². The Kier molecular flexibility index (Phi) is 5.24. The third-order valence-corrected chi connectivity index (χ3v) is 3.37. The maximum atomic E-state index is 12.9. The first-order valence-electron chi connectivity index (χ1n) is 7.22. The Morgan fingerprint density at radius 1 is 1.08 bits per heavy atom. The predicted molar refractivity (Wildman–Crippen MR) is 80.3 cm³/mol. The molecule has 0 aliphatic heterocycles. The van der Waals surface area contributed by atoms with Crippen LogP contribution >= 0.6 is 0 Å². The fraction of sp³-hybridized carbons (Fsp3) is 0.312. The first-order valence-corrected chi connectivity index (χ1v) is 7.22. The number of benzene rings is 1. The number of rotatable bonds is 4. The number of nitrogens with zero attached hydrogens (tertiary/aromatic N) is 3. The van der Waals surface area contributed by atoms with Gasteiger partial charge in [-0.2, -0.15) is 26.3 Å². The standard InChI is InChI=1S/C16H12F6N3O/c1-9(2)11(7-26)6-25-8-23-14(24-25)10-3-12(15(17,18)19)5-13(4-10)16(20,21)22/h3-6,8-9H,1-2H3/b11-6+. The van der Waals surface area contributed by atoms with Crippen molar-refractivity contribution in [2.45, 2.75) is 26.2 Å². The summed E-state index contributed by atoms with van der Waals surface area (Å²) in [6.07, 6.45) is -5.93. The largest absolute Gasteiger partial charge is 0.416 e. The van der Waals surface area contributed by atoms with Gasteiger partial charge in [-0.25, -0.2) is 9.67 Å². The van der Waals surface area contributed by atoms with E-state index in [1.54, 1.807) is 20.1 Å². The maximum Gasteiger partial charge on any atom is 0.416 e. The minimum atomic E-state index is -4.96. The topological polar surface area (TPSA) is 47.8 Å². The van der Waals surface area contributed by atoms with Crippen LogP contribution in [0.25, 0.3) is 17.6 Å². The summed E-state index contributed by atoms with van der Waals surface area (Å²) in [5.74, 6) is -0.544. The van der Waals surface area contributed by atoms with Gasteiger partial charge in [0.05, 0.1) is 11.1 Å². The molecule has 0 saturated carbocycles. The van der Waals surface area contributed by atoms with Crippen molar-refractivity contribution in [2.75, 3.05) is 0 Å². The summed E-state index contributed by atoms with van der Waals surface area (Å²) in [4.78, 5) is 14.6. The van der Waals surface area contributed by atoms with Gasteiger partial charge in [-0.3, -0.25) is 4.79 Å². The van der Waals surface area contributed by atoms with E-state index in [-0.39, 0.29) is 23.4 Å². The van der Waals surface area contributed by atoms with Gasteiger partial charge in [0.1, 0.15) is 6.33 Å². The fourth-order valence-electron chi connectivity index (χ4n) is 1.99. The van der Waals surface area contributed by atoms with Gasteiger partial charge in [-0.15, -0.1) is 5.10 Å². The van der Waals surface area contributed by atoms with Gasteiger partial charge in [0.15, 0.2) is 5.82 Å². The highest BCUT2D eigenvalue weighted by molar-refractivity contribution is 5.79. The zero-order valence-electron chi connectivity index (χ0n) is 13.5. The molecule has 0 unspecified atom stereocenters. The Bertz CT molecular complexity index is 801. The lowest BCUT2D eigenvalue weighted by Crippen LogP contribution is -2.11. The molecule has 139 valence electrons. The SMILES string of the molecule is CC(C)/C([C]=O)=C/n1cnc(-c2cc(C(F)(F)F)cc(C(F)(F)F)c2)n1. The molecule has 0 atom stereocenters. The first-order chi connectivity index (χ1) is 11.9. The monoisotopic (exact) mass is 376 g/mol. The van der Waals surface area contributed by atoms with Gasteiger partial charge in [0.2, 0.25) is 6.29 Å². The Labute approximate surface area is 144 Å². The molecule has 0 bridgehead atoms. The predicted octanol–water partition coefficient (Wildman–Crippen LogP) is 4.59. The molecule has 4 nitrogen and oxygen atoms in total. The molecule has 0 amide bonds. The average molecular weight is 376 g/mol. The molecule has 0 aliphatic rings. The molecule has 1 heterocycles. The summed E-state index contributed by atoms with van der Waals surface area (Å²) in [5, 5.41) is 3.81. The van der Waals surface area contributed by atoms with Gasteiger partial charge in [-0.05, 0) is 24.1 Å². The van der Waals surface area contributed by atoms with Gasteiger partial charge >= 0.3 is 12.4 Å². The Hall–Kier alpha value is -2.65. The van der Waals surface area contributed by atoms with Crippen LogP contribution in [0.5, 0.6) is 0 Å². The van der Waals surface area contributed by atoms with Crippen molar-refractivity contribution < 1.29 is 31.1 Å². The number of aromatic nitrogens is 3. The molecule has 0 saturated heterocycles.